The smallest absolute Gasteiger partial charge is 0.254 e. The first-order chi connectivity index (χ1) is 17.9. The molecule has 8 N–H and O–H groups in total. The number of amides is 1. The van der Waals surface area contributed by atoms with Gasteiger partial charge in [0.1, 0.15) is 22.8 Å². The summed E-state index contributed by atoms with van der Waals surface area (Å²) in [7, 11) is 3.26. The van der Waals surface area contributed by atoms with Gasteiger partial charge in [-0.25, -0.2) is 0 Å². The molecule has 4 atom stereocenters. The molecular formula is C27H33ClN4O6. The zero-order chi connectivity index (χ0) is 27.7. The summed E-state index contributed by atoms with van der Waals surface area (Å²) >= 11 is 6.79. The van der Waals surface area contributed by atoms with E-state index in [1.807, 2.05) is 0 Å². The number of aromatic hydroxyl groups is 1. The summed E-state index contributed by atoms with van der Waals surface area (Å²) in [6.45, 7) is 0.438. The van der Waals surface area contributed by atoms with Crippen molar-refractivity contribution in [1.82, 2.24) is 10.2 Å². The first-order valence-electron chi connectivity index (χ1n) is 12.9. The number of likely N-dealkylation sites (N-methyl/N-ethyl adjacent to an activating group) is 1. The van der Waals surface area contributed by atoms with Gasteiger partial charge in [0, 0.05) is 29.1 Å². The number of nitrogens with two attached hydrogens (primary N) is 1. The minimum atomic E-state index is -2.44. The van der Waals surface area contributed by atoms with E-state index in [4.69, 9.17) is 22.7 Å². The molecule has 0 radical (unpaired) electrons. The van der Waals surface area contributed by atoms with Crippen molar-refractivity contribution in [2.45, 2.75) is 62.8 Å². The second-order valence-corrected chi connectivity index (χ2v) is 11.5. The third-order valence-electron chi connectivity index (χ3n) is 8.73. The topological polar surface area (TPSA) is 180 Å². The van der Waals surface area contributed by atoms with E-state index >= 15 is 0 Å². The standard InChI is InChI=1S/C27H33ClN4O6/c1-32(2)21-15-8-11-7-14-18(16(33)9-12(20(14)28)10-31-13-5-3-4-6-13)22(34)17(11)25(36)27(15,38)24(29)19(23(21)35)26(30)37/h9,11,13,15,21,29,31,33,35-36,38H,3-8,10H2,1-2H3,(H2,30,37)/t11-,15-,21-,27+/m0/s1. The number of ketones is 1. The lowest BCUT2D eigenvalue weighted by Crippen LogP contribution is -2.63. The lowest BCUT2D eigenvalue weighted by Gasteiger charge is -2.51. The van der Waals surface area contributed by atoms with Gasteiger partial charge in [-0.1, -0.05) is 24.4 Å². The predicted molar refractivity (Wildman–Crippen MR) is 140 cm³/mol. The van der Waals surface area contributed by atoms with Crippen LogP contribution in [0.25, 0.3) is 0 Å². The summed E-state index contributed by atoms with van der Waals surface area (Å²) in [6.07, 6.45) is 4.79. The summed E-state index contributed by atoms with van der Waals surface area (Å²) < 4.78 is 0. The van der Waals surface area contributed by atoms with Crippen molar-refractivity contribution < 1.29 is 30.0 Å². The Morgan fingerprint density at radius 2 is 1.92 bits per heavy atom. The molecular weight excluding hydrogens is 512 g/mol. The van der Waals surface area contributed by atoms with Crippen molar-refractivity contribution in [2.75, 3.05) is 14.1 Å². The molecule has 1 aromatic rings. The maximum Gasteiger partial charge on any atom is 0.254 e. The first-order valence-corrected chi connectivity index (χ1v) is 13.2. The monoisotopic (exact) mass is 544 g/mol. The Hall–Kier alpha value is -2.92. The fraction of sp³-hybridized carbons (Fsp3) is 0.519. The molecule has 0 unspecified atom stereocenters. The predicted octanol–water partition coefficient (Wildman–Crippen LogP) is 2.26. The van der Waals surface area contributed by atoms with E-state index < -0.39 is 58.0 Å². The number of phenols is 1. The Bertz CT molecular complexity index is 1310. The zero-order valence-corrected chi connectivity index (χ0v) is 22.1. The molecule has 0 saturated heterocycles. The third kappa shape index (κ3) is 3.77. The molecule has 38 heavy (non-hydrogen) atoms. The molecule has 10 nitrogen and oxygen atoms in total. The van der Waals surface area contributed by atoms with E-state index in [9.17, 15) is 30.0 Å². The van der Waals surface area contributed by atoms with Gasteiger partial charge in [0.15, 0.2) is 11.4 Å². The average Bonchev–Trinajstić information content (AvgIpc) is 3.36. The van der Waals surface area contributed by atoms with Gasteiger partial charge in [0.25, 0.3) is 5.91 Å². The quantitative estimate of drug-likeness (QED) is 0.294. The van der Waals surface area contributed by atoms with Crippen LogP contribution in [0.5, 0.6) is 5.75 Å². The molecule has 0 spiro atoms. The Balaban J connectivity index is 1.60. The number of aliphatic hydroxyl groups is 3. The third-order valence-corrected chi connectivity index (χ3v) is 9.20. The van der Waals surface area contributed by atoms with Crippen LogP contribution in [0, 0.1) is 17.2 Å². The highest BCUT2D eigenvalue weighted by Gasteiger charge is 2.61. The molecule has 0 bridgehead atoms. The molecule has 1 fully saturated rings. The van der Waals surface area contributed by atoms with Crippen LogP contribution in [-0.4, -0.2) is 74.5 Å². The molecule has 11 heteroatoms. The maximum atomic E-state index is 13.7. The molecule has 1 amide bonds. The van der Waals surface area contributed by atoms with Crippen LogP contribution in [0.1, 0.15) is 53.6 Å². The number of aliphatic hydroxyl groups excluding tert-OH is 2. The van der Waals surface area contributed by atoms with Gasteiger partial charge in [-0.3, -0.25) is 14.5 Å². The van der Waals surface area contributed by atoms with E-state index in [0.29, 0.717) is 28.7 Å². The second-order valence-electron chi connectivity index (χ2n) is 11.1. The number of nitrogens with zero attached hydrogens (tertiary/aromatic N) is 1. The number of carbonyl (C=O) groups excluding carboxylic acids is 2. The summed E-state index contributed by atoms with van der Waals surface area (Å²) in [4.78, 5) is 27.5. The van der Waals surface area contributed by atoms with Crippen LogP contribution in [0.2, 0.25) is 5.02 Å². The molecule has 0 aromatic heterocycles. The lowest BCUT2D eigenvalue weighted by molar-refractivity contribution is -0.114. The average molecular weight is 545 g/mol. The van der Waals surface area contributed by atoms with Crippen LogP contribution in [0.15, 0.2) is 28.7 Å². The lowest BCUT2D eigenvalue weighted by atomic mass is 9.58. The van der Waals surface area contributed by atoms with Crippen molar-refractivity contribution in [1.29, 1.82) is 5.41 Å². The van der Waals surface area contributed by atoms with E-state index in [1.54, 1.807) is 19.0 Å². The summed E-state index contributed by atoms with van der Waals surface area (Å²) in [6, 6.07) is 0.877. The molecule has 1 aromatic carbocycles. The van der Waals surface area contributed by atoms with Crippen molar-refractivity contribution in [2.24, 2.45) is 17.6 Å². The number of phenolic OH excluding ortho intramolecular Hbond substituents is 1. The van der Waals surface area contributed by atoms with Gasteiger partial charge in [-0.05, 0) is 62.9 Å². The number of benzene rings is 1. The van der Waals surface area contributed by atoms with Crippen molar-refractivity contribution in [3.63, 3.8) is 0 Å². The Morgan fingerprint density at radius 1 is 1.26 bits per heavy atom. The van der Waals surface area contributed by atoms with E-state index in [0.717, 1.165) is 12.8 Å². The van der Waals surface area contributed by atoms with Crippen molar-refractivity contribution >= 4 is 29.0 Å². The van der Waals surface area contributed by atoms with Gasteiger partial charge in [-0.15, -0.1) is 0 Å². The Morgan fingerprint density at radius 3 is 2.53 bits per heavy atom. The fourth-order valence-corrected chi connectivity index (χ4v) is 7.21. The SMILES string of the molecule is CN(C)[C@@H]1C(O)=C(C(N)=O)C(=N)[C@@]2(O)C(O)=C3C(=O)c4c(O)cc(CNC5CCCC5)c(Cl)c4C[C@H]3C[C@@H]12. The maximum absolute atomic E-state index is 13.7. The second kappa shape index (κ2) is 9.37. The minimum Gasteiger partial charge on any atom is -0.510 e. The van der Waals surface area contributed by atoms with Crippen molar-refractivity contribution in [3.8, 4) is 5.75 Å². The number of hydrogen-bond acceptors (Lipinski definition) is 9. The summed E-state index contributed by atoms with van der Waals surface area (Å²) in [5.41, 5.74) is 2.60. The number of carbonyl (C=O) groups is 2. The Kier molecular flexibility index (Phi) is 6.58. The van der Waals surface area contributed by atoms with Gasteiger partial charge in [0.05, 0.1) is 17.3 Å². The van der Waals surface area contributed by atoms with E-state index in [2.05, 4.69) is 5.32 Å². The number of primary amides is 1. The number of hydrogen-bond donors (Lipinski definition) is 7. The molecule has 1 saturated carbocycles. The van der Waals surface area contributed by atoms with E-state index in [1.165, 1.54) is 18.9 Å². The van der Waals surface area contributed by atoms with Gasteiger partial charge < -0.3 is 36.9 Å². The molecule has 0 heterocycles. The highest BCUT2D eigenvalue weighted by molar-refractivity contribution is 6.33. The number of nitrogens with one attached hydrogen (secondary N) is 2. The highest BCUT2D eigenvalue weighted by atomic mass is 35.5. The number of fused-ring (bicyclic) bond motifs is 3. The number of rotatable bonds is 5. The van der Waals surface area contributed by atoms with Crippen LogP contribution in [0.3, 0.4) is 0 Å². The zero-order valence-electron chi connectivity index (χ0n) is 21.3. The highest BCUT2D eigenvalue weighted by Crippen LogP contribution is 2.53. The van der Waals surface area contributed by atoms with Gasteiger partial charge in [-0.2, -0.15) is 0 Å². The largest absolute Gasteiger partial charge is 0.510 e. The minimum absolute atomic E-state index is 0.0421. The number of Topliss-reactive ketones (excluding diaryl/α,β-unsaturated/α-hetero) is 1. The molecule has 4 aliphatic rings. The molecule has 5 rings (SSSR count). The molecule has 204 valence electrons. The molecule has 0 aliphatic heterocycles. The van der Waals surface area contributed by atoms with Crippen LogP contribution in [-0.2, 0) is 17.8 Å². The normalized spacial score (nSPS) is 29.6. The van der Waals surface area contributed by atoms with Crippen LogP contribution in [0.4, 0.5) is 0 Å². The number of allylic oxidation sites excluding steroid dienone is 1. The van der Waals surface area contributed by atoms with Gasteiger partial charge in [0.2, 0.25) is 0 Å². The van der Waals surface area contributed by atoms with Crippen molar-refractivity contribution in [3.05, 3.63) is 50.4 Å². The Labute approximate surface area is 225 Å². The van der Waals surface area contributed by atoms with Crippen LogP contribution >= 0.6 is 11.6 Å². The molecule has 4 aliphatic carbocycles. The van der Waals surface area contributed by atoms with Gasteiger partial charge >= 0.3 is 0 Å². The first kappa shape index (κ1) is 26.7. The number of halogens is 1. The fourth-order valence-electron chi connectivity index (χ4n) is 6.92. The summed E-state index contributed by atoms with van der Waals surface area (Å²) in [5, 5.41) is 57.4. The van der Waals surface area contributed by atoms with Crippen LogP contribution < -0.4 is 11.1 Å². The van der Waals surface area contributed by atoms with E-state index in [-0.39, 0.29) is 29.7 Å². The summed E-state index contributed by atoms with van der Waals surface area (Å²) in [5.74, 6) is -4.88.